The molecule has 1 unspecified atom stereocenters. The molecule has 0 spiro atoms. The zero-order valence-corrected chi connectivity index (χ0v) is 10.2. The second-order valence-corrected chi connectivity index (χ2v) is 4.32. The molecule has 0 fully saturated rings. The predicted octanol–water partition coefficient (Wildman–Crippen LogP) is 1.48. The average Bonchev–Trinajstić information content (AvgIpc) is 2.75. The molecule has 2 aromatic rings. The molecule has 4 heteroatoms. The highest BCUT2D eigenvalue weighted by molar-refractivity contribution is 5.23. The van der Waals surface area contributed by atoms with Gasteiger partial charge in [-0.05, 0) is 25.0 Å². The Morgan fingerprint density at radius 3 is 2.53 bits per heavy atom. The van der Waals surface area contributed by atoms with E-state index < -0.39 is 0 Å². The van der Waals surface area contributed by atoms with Crippen LogP contribution < -0.4 is 11.3 Å². The van der Waals surface area contributed by atoms with E-state index in [0.717, 1.165) is 12.1 Å². The van der Waals surface area contributed by atoms with E-state index in [-0.39, 0.29) is 6.04 Å². The quantitative estimate of drug-likeness (QED) is 0.618. The Morgan fingerprint density at radius 2 is 2.00 bits per heavy atom. The minimum Gasteiger partial charge on any atom is -0.275 e. The fourth-order valence-electron chi connectivity index (χ4n) is 1.83. The van der Waals surface area contributed by atoms with Crippen molar-refractivity contribution in [2.24, 2.45) is 12.9 Å². The lowest BCUT2D eigenvalue weighted by Gasteiger charge is -2.13. The highest BCUT2D eigenvalue weighted by atomic mass is 15.3. The number of benzene rings is 1. The smallest absolute Gasteiger partial charge is 0.0810 e. The molecule has 0 aliphatic rings. The minimum atomic E-state index is 0.0545. The van der Waals surface area contributed by atoms with E-state index in [4.69, 9.17) is 5.84 Å². The molecule has 90 valence electrons. The molecule has 0 saturated heterocycles. The van der Waals surface area contributed by atoms with Crippen molar-refractivity contribution in [3.8, 4) is 0 Å². The minimum absolute atomic E-state index is 0.0545. The van der Waals surface area contributed by atoms with Gasteiger partial charge in [-0.2, -0.15) is 5.10 Å². The highest BCUT2D eigenvalue weighted by Crippen LogP contribution is 2.16. The number of nitrogens with one attached hydrogen (secondary N) is 1. The summed E-state index contributed by atoms with van der Waals surface area (Å²) in [6.07, 6.45) is 2.77. The lowest BCUT2D eigenvalue weighted by atomic mass is 10.0. The van der Waals surface area contributed by atoms with Crippen LogP contribution in [0.2, 0.25) is 0 Å². The Kier molecular flexibility index (Phi) is 3.56. The first-order chi connectivity index (χ1) is 8.19. The van der Waals surface area contributed by atoms with Crippen molar-refractivity contribution >= 4 is 0 Å². The van der Waals surface area contributed by atoms with Gasteiger partial charge < -0.3 is 0 Å². The maximum absolute atomic E-state index is 5.59. The molecule has 1 atom stereocenters. The lowest BCUT2D eigenvalue weighted by Crippen LogP contribution is -2.30. The van der Waals surface area contributed by atoms with Gasteiger partial charge in [0.1, 0.15) is 0 Å². The van der Waals surface area contributed by atoms with Crippen LogP contribution in [0.3, 0.4) is 0 Å². The van der Waals surface area contributed by atoms with E-state index in [0.29, 0.717) is 0 Å². The number of hydrogen-bond donors (Lipinski definition) is 2. The molecule has 0 aliphatic carbocycles. The van der Waals surface area contributed by atoms with E-state index in [1.165, 1.54) is 11.1 Å². The average molecular weight is 230 g/mol. The maximum atomic E-state index is 5.59. The van der Waals surface area contributed by atoms with Crippen LogP contribution in [0.5, 0.6) is 0 Å². The fourth-order valence-corrected chi connectivity index (χ4v) is 1.83. The SMILES string of the molecule is Cc1ccc(CC(NN)c2ccn(C)n2)cc1. The van der Waals surface area contributed by atoms with Crippen molar-refractivity contribution in [2.75, 3.05) is 0 Å². The van der Waals surface area contributed by atoms with Crippen molar-refractivity contribution < 1.29 is 0 Å². The van der Waals surface area contributed by atoms with Crippen LogP contribution >= 0.6 is 0 Å². The topological polar surface area (TPSA) is 55.9 Å². The number of hydrazine groups is 1. The van der Waals surface area contributed by atoms with Crippen LogP contribution in [0, 0.1) is 6.92 Å². The molecule has 2 rings (SSSR count). The number of nitrogens with two attached hydrogens (primary N) is 1. The normalized spacial score (nSPS) is 12.6. The van der Waals surface area contributed by atoms with E-state index >= 15 is 0 Å². The van der Waals surface area contributed by atoms with Gasteiger partial charge in [0, 0.05) is 13.2 Å². The van der Waals surface area contributed by atoms with Crippen molar-refractivity contribution in [3.63, 3.8) is 0 Å². The van der Waals surface area contributed by atoms with Crippen LogP contribution in [-0.2, 0) is 13.5 Å². The standard InChI is InChI=1S/C13H18N4/c1-10-3-5-11(6-4-10)9-13(15-14)12-7-8-17(2)16-12/h3-8,13,15H,9,14H2,1-2H3. The van der Waals surface area contributed by atoms with Gasteiger partial charge in [0.25, 0.3) is 0 Å². The highest BCUT2D eigenvalue weighted by Gasteiger charge is 2.12. The third-order valence-electron chi connectivity index (χ3n) is 2.85. The maximum Gasteiger partial charge on any atom is 0.0810 e. The van der Waals surface area contributed by atoms with E-state index in [9.17, 15) is 0 Å². The third-order valence-corrected chi connectivity index (χ3v) is 2.85. The first-order valence-electron chi connectivity index (χ1n) is 5.70. The summed E-state index contributed by atoms with van der Waals surface area (Å²) >= 11 is 0. The summed E-state index contributed by atoms with van der Waals surface area (Å²) in [4.78, 5) is 0. The molecule has 0 amide bonds. The molecular weight excluding hydrogens is 212 g/mol. The molecule has 3 N–H and O–H groups in total. The molecule has 0 radical (unpaired) electrons. The zero-order valence-electron chi connectivity index (χ0n) is 10.2. The number of aryl methyl sites for hydroxylation is 2. The van der Waals surface area contributed by atoms with Gasteiger partial charge in [-0.1, -0.05) is 29.8 Å². The number of hydrogen-bond acceptors (Lipinski definition) is 3. The van der Waals surface area contributed by atoms with Crippen LogP contribution in [-0.4, -0.2) is 9.78 Å². The molecule has 1 aromatic heterocycles. The molecule has 0 aliphatic heterocycles. The largest absolute Gasteiger partial charge is 0.275 e. The van der Waals surface area contributed by atoms with Gasteiger partial charge in [0.15, 0.2) is 0 Å². The van der Waals surface area contributed by atoms with Gasteiger partial charge in [0.05, 0.1) is 11.7 Å². The summed E-state index contributed by atoms with van der Waals surface area (Å²) in [6.45, 7) is 2.08. The van der Waals surface area contributed by atoms with Crippen LogP contribution in [0.15, 0.2) is 36.5 Å². The molecule has 1 aromatic carbocycles. The van der Waals surface area contributed by atoms with Gasteiger partial charge in [0.2, 0.25) is 0 Å². The molecule has 0 saturated carbocycles. The molecule has 4 nitrogen and oxygen atoms in total. The zero-order chi connectivity index (χ0) is 12.3. The number of rotatable bonds is 4. The van der Waals surface area contributed by atoms with E-state index in [1.807, 2.05) is 19.3 Å². The Balaban J connectivity index is 2.12. The second kappa shape index (κ2) is 5.12. The van der Waals surface area contributed by atoms with Crippen molar-refractivity contribution in [2.45, 2.75) is 19.4 Å². The van der Waals surface area contributed by atoms with Crippen molar-refractivity contribution in [1.82, 2.24) is 15.2 Å². The van der Waals surface area contributed by atoms with Gasteiger partial charge in [-0.15, -0.1) is 0 Å². The Labute approximate surface area is 101 Å². The molecule has 1 heterocycles. The van der Waals surface area contributed by atoms with Crippen molar-refractivity contribution in [3.05, 3.63) is 53.3 Å². The summed E-state index contributed by atoms with van der Waals surface area (Å²) in [5.74, 6) is 5.59. The fraction of sp³-hybridized carbons (Fsp3) is 0.308. The van der Waals surface area contributed by atoms with Crippen LogP contribution in [0.25, 0.3) is 0 Å². The lowest BCUT2D eigenvalue weighted by molar-refractivity contribution is 0.529. The summed E-state index contributed by atoms with van der Waals surface area (Å²) in [5.41, 5.74) is 6.31. The first-order valence-corrected chi connectivity index (χ1v) is 5.70. The number of aromatic nitrogens is 2. The molecule has 0 bridgehead atoms. The van der Waals surface area contributed by atoms with Gasteiger partial charge in [-0.3, -0.25) is 16.0 Å². The predicted molar refractivity (Wildman–Crippen MR) is 68.2 cm³/mol. The van der Waals surface area contributed by atoms with Gasteiger partial charge in [-0.25, -0.2) is 0 Å². The third kappa shape index (κ3) is 2.93. The van der Waals surface area contributed by atoms with Crippen LogP contribution in [0.4, 0.5) is 0 Å². The summed E-state index contributed by atoms with van der Waals surface area (Å²) in [5, 5.41) is 4.37. The Hall–Kier alpha value is -1.65. The monoisotopic (exact) mass is 230 g/mol. The summed E-state index contributed by atoms with van der Waals surface area (Å²) < 4.78 is 1.79. The van der Waals surface area contributed by atoms with E-state index in [1.54, 1.807) is 4.68 Å². The van der Waals surface area contributed by atoms with E-state index in [2.05, 4.69) is 41.7 Å². The Morgan fingerprint density at radius 1 is 1.29 bits per heavy atom. The van der Waals surface area contributed by atoms with Crippen LogP contribution in [0.1, 0.15) is 22.9 Å². The Bertz CT molecular complexity index is 472. The molecule has 17 heavy (non-hydrogen) atoms. The summed E-state index contributed by atoms with van der Waals surface area (Å²) in [7, 11) is 1.91. The number of nitrogens with zero attached hydrogens (tertiary/aromatic N) is 2. The summed E-state index contributed by atoms with van der Waals surface area (Å²) in [6, 6.07) is 10.5. The first kappa shape index (κ1) is 11.8. The van der Waals surface area contributed by atoms with Crippen molar-refractivity contribution in [1.29, 1.82) is 0 Å². The molecular formula is C13H18N4. The van der Waals surface area contributed by atoms with Gasteiger partial charge >= 0.3 is 0 Å². The second-order valence-electron chi connectivity index (χ2n) is 4.32.